The summed E-state index contributed by atoms with van der Waals surface area (Å²) >= 11 is 0. The summed E-state index contributed by atoms with van der Waals surface area (Å²) in [6, 6.07) is 19.1. The number of hydrogen-bond donors (Lipinski definition) is 3. The first kappa shape index (κ1) is 24.9. The Labute approximate surface area is 227 Å². The number of aromatic amines is 1. The minimum absolute atomic E-state index is 0.0196. The Morgan fingerprint density at radius 1 is 1.08 bits per heavy atom. The van der Waals surface area contributed by atoms with Gasteiger partial charge in [-0.05, 0) is 36.5 Å². The number of benzene rings is 2. The van der Waals surface area contributed by atoms with Crippen molar-refractivity contribution >= 4 is 34.4 Å². The maximum absolute atomic E-state index is 11.5. The number of para-hydroxylation sites is 1. The smallest absolute Gasteiger partial charge is 0.230 e. The van der Waals surface area contributed by atoms with Crippen molar-refractivity contribution in [1.82, 2.24) is 29.9 Å². The molecule has 1 aliphatic rings. The largest absolute Gasteiger partial charge is 0.355 e. The Balaban J connectivity index is 1.30. The molecular formula is C30H34N8O. The Morgan fingerprint density at radius 3 is 2.62 bits per heavy atom. The van der Waals surface area contributed by atoms with Crippen molar-refractivity contribution in [2.45, 2.75) is 52.1 Å². The molecule has 2 aromatic carbocycles. The van der Waals surface area contributed by atoms with Crippen LogP contribution in [0.1, 0.15) is 50.7 Å². The fourth-order valence-electron chi connectivity index (χ4n) is 5.39. The van der Waals surface area contributed by atoms with Crippen LogP contribution < -0.4 is 15.5 Å². The molecule has 9 heteroatoms. The highest BCUT2D eigenvalue weighted by Crippen LogP contribution is 2.29. The summed E-state index contributed by atoms with van der Waals surface area (Å²) < 4.78 is 1.81. The summed E-state index contributed by atoms with van der Waals surface area (Å²) in [6.45, 7) is 8.04. The number of hydrogen-bond acceptors (Lipinski definition) is 6. The lowest BCUT2D eigenvalue weighted by Gasteiger charge is -2.32. The van der Waals surface area contributed by atoms with Gasteiger partial charge in [-0.1, -0.05) is 56.3 Å². The lowest BCUT2D eigenvalue weighted by atomic mass is 10.0. The molecule has 4 heterocycles. The number of carbonyl (C=O) groups excluding carboxylic acids is 1. The van der Waals surface area contributed by atoms with Gasteiger partial charge in [0.05, 0.1) is 6.20 Å². The summed E-state index contributed by atoms with van der Waals surface area (Å²) in [7, 11) is 0. The molecule has 200 valence electrons. The lowest BCUT2D eigenvalue weighted by molar-refractivity contribution is -0.119. The zero-order chi connectivity index (χ0) is 26.9. The highest BCUT2D eigenvalue weighted by Gasteiger charge is 2.24. The van der Waals surface area contributed by atoms with Crippen LogP contribution in [0.4, 0.5) is 11.9 Å². The van der Waals surface area contributed by atoms with Gasteiger partial charge in [-0.15, -0.1) is 0 Å². The number of amides is 1. The number of aromatic nitrogens is 5. The quantitative estimate of drug-likeness (QED) is 0.274. The molecule has 3 N–H and O–H groups in total. The predicted molar refractivity (Wildman–Crippen MR) is 155 cm³/mol. The molecule has 0 saturated carbocycles. The molecule has 3 aromatic heterocycles. The lowest BCUT2D eigenvalue weighted by Crippen LogP contribution is -2.44. The minimum Gasteiger partial charge on any atom is -0.355 e. The van der Waals surface area contributed by atoms with E-state index in [1.165, 1.54) is 5.39 Å². The molecule has 1 fully saturated rings. The molecule has 1 amide bonds. The first-order valence-corrected chi connectivity index (χ1v) is 13.6. The number of piperidine rings is 1. The van der Waals surface area contributed by atoms with Gasteiger partial charge in [-0.3, -0.25) is 4.79 Å². The van der Waals surface area contributed by atoms with Gasteiger partial charge in [-0.2, -0.15) is 19.6 Å². The second kappa shape index (κ2) is 10.4. The van der Waals surface area contributed by atoms with Gasteiger partial charge in [0, 0.05) is 60.3 Å². The van der Waals surface area contributed by atoms with Gasteiger partial charge in [0.25, 0.3) is 0 Å². The maximum atomic E-state index is 11.5. The molecule has 5 aromatic rings. The van der Waals surface area contributed by atoms with Crippen molar-refractivity contribution in [3.63, 3.8) is 0 Å². The third-order valence-corrected chi connectivity index (χ3v) is 7.47. The molecule has 0 unspecified atom stereocenters. The van der Waals surface area contributed by atoms with Crippen LogP contribution in [-0.2, 0) is 11.3 Å². The van der Waals surface area contributed by atoms with Crippen LogP contribution in [0.25, 0.3) is 27.8 Å². The standard InChI is InChI=1S/C30H34N8O/c1-19(2)25-18-32-38-28(25)35-30(37-14-12-23(13-15-37)33-20(3)39)36-29(38)31-17-22-9-4-6-10-24(22)27-16-21-8-5-7-11-26(21)34-27/h4-11,16,18-19,23,34H,12-15,17H2,1-3H3,(H,33,39)(H,31,35,36). The van der Waals surface area contributed by atoms with E-state index in [2.05, 4.69) is 88.0 Å². The van der Waals surface area contributed by atoms with Crippen molar-refractivity contribution in [3.05, 3.63) is 71.9 Å². The maximum Gasteiger partial charge on any atom is 0.230 e. The Hall–Kier alpha value is -4.40. The number of anilines is 2. The zero-order valence-corrected chi connectivity index (χ0v) is 22.6. The number of rotatable bonds is 7. The predicted octanol–water partition coefficient (Wildman–Crippen LogP) is 5.11. The summed E-state index contributed by atoms with van der Waals surface area (Å²) in [6.07, 6.45) is 3.63. The van der Waals surface area contributed by atoms with E-state index in [0.29, 0.717) is 18.4 Å². The average Bonchev–Trinajstić information content (AvgIpc) is 3.57. The second-order valence-electron chi connectivity index (χ2n) is 10.6. The normalized spacial score (nSPS) is 14.4. The highest BCUT2D eigenvalue weighted by atomic mass is 16.1. The van der Waals surface area contributed by atoms with Gasteiger partial charge in [0.15, 0.2) is 5.65 Å². The van der Waals surface area contributed by atoms with E-state index in [-0.39, 0.29) is 17.9 Å². The van der Waals surface area contributed by atoms with Crippen molar-refractivity contribution < 1.29 is 4.79 Å². The monoisotopic (exact) mass is 522 g/mol. The fourth-order valence-corrected chi connectivity index (χ4v) is 5.39. The Morgan fingerprint density at radius 2 is 1.85 bits per heavy atom. The molecule has 9 nitrogen and oxygen atoms in total. The van der Waals surface area contributed by atoms with E-state index in [1.54, 1.807) is 6.92 Å². The summed E-state index contributed by atoms with van der Waals surface area (Å²) in [5.74, 6) is 1.66. The number of fused-ring (bicyclic) bond motifs is 2. The molecule has 1 aliphatic heterocycles. The van der Waals surface area contributed by atoms with Crippen molar-refractivity contribution in [2.24, 2.45) is 0 Å². The van der Waals surface area contributed by atoms with Crippen LogP contribution in [0.5, 0.6) is 0 Å². The summed E-state index contributed by atoms with van der Waals surface area (Å²) in [4.78, 5) is 27.2. The van der Waals surface area contributed by atoms with Crippen molar-refractivity contribution in [2.75, 3.05) is 23.3 Å². The molecular weight excluding hydrogens is 488 g/mol. The van der Waals surface area contributed by atoms with Crippen LogP contribution >= 0.6 is 0 Å². The zero-order valence-electron chi connectivity index (χ0n) is 22.6. The van der Waals surface area contributed by atoms with Crippen LogP contribution in [0, 0.1) is 0 Å². The van der Waals surface area contributed by atoms with Crippen LogP contribution in [0.3, 0.4) is 0 Å². The number of nitrogens with zero attached hydrogens (tertiary/aromatic N) is 5. The molecule has 0 atom stereocenters. The third kappa shape index (κ3) is 5.04. The summed E-state index contributed by atoms with van der Waals surface area (Å²) in [5, 5.41) is 12.5. The van der Waals surface area contributed by atoms with Crippen LogP contribution in [-0.4, -0.2) is 49.6 Å². The molecule has 6 rings (SSSR count). The minimum atomic E-state index is 0.0196. The third-order valence-electron chi connectivity index (χ3n) is 7.47. The van der Waals surface area contributed by atoms with Gasteiger partial charge >= 0.3 is 0 Å². The fraction of sp³-hybridized carbons (Fsp3) is 0.333. The molecule has 39 heavy (non-hydrogen) atoms. The van der Waals surface area contributed by atoms with Crippen molar-refractivity contribution in [1.29, 1.82) is 0 Å². The van der Waals surface area contributed by atoms with E-state index in [1.807, 2.05) is 16.8 Å². The first-order chi connectivity index (χ1) is 19.0. The van der Waals surface area contributed by atoms with Crippen LogP contribution in [0.15, 0.2) is 60.8 Å². The summed E-state index contributed by atoms with van der Waals surface area (Å²) in [5.41, 5.74) is 6.43. The van der Waals surface area contributed by atoms with Gasteiger partial charge in [0.1, 0.15) is 0 Å². The van der Waals surface area contributed by atoms with Gasteiger partial charge < -0.3 is 20.5 Å². The van der Waals surface area contributed by atoms with Crippen molar-refractivity contribution in [3.8, 4) is 11.3 Å². The van der Waals surface area contributed by atoms with E-state index in [4.69, 9.17) is 9.97 Å². The van der Waals surface area contributed by atoms with E-state index >= 15 is 0 Å². The first-order valence-electron chi connectivity index (χ1n) is 13.6. The Bertz CT molecular complexity index is 1590. The topological polar surface area (TPSA) is 103 Å². The molecule has 0 aliphatic carbocycles. The van der Waals surface area contributed by atoms with Gasteiger partial charge in [-0.25, -0.2) is 0 Å². The second-order valence-corrected chi connectivity index (χ2v) is 10.6. The molecule has 0 spiro atoms. The van der Waals surface area contributed by atoms with E-state index < -0.39 is 0 Å². The van der Waals surface area contributed by atoms with Crippen LogP contribution in [0.2, 0.25) is 0 Å². The SMILES string of the molecule is CC(=O)NC1CCN(c2nc(NCc3ccccc3-c3cc4ccccc4[nH]3)n3ncc(C(C)C)c3n2)CC1. The number of H-pyrrole nitrogens is 1. The molecule has 0 radical (unpaired) electrons. The van der Waals surface area contributed by atoms with E-state index in [9.17, 15) is 4.79 Å². The number of carbonyl (C=O) groups is 1. The molecule has 0 bridgehead atoms. The van der Waals surface area contributed by atoms with E-state index in [0.717, 1.165) is 59.5 Å². The Kier molecular flexibility index (Phi) is 6.64. The average molecular weight is 523 g/mol. The number of nitrogens with one attached hydrogen (secondary N) is 3. The molecule has 1 saturated heterocycles. The van der Waals surface area contributed by atoms with Gasteiger partial charge in [0.2, 0.25) is 17.8 Å². The highest BCUT2D eigenvalue weighted by molar-refractivity contribution is 5.86.